The Hall–Kier alpha value is -4.86. The lowest BCUT2D eigenvalue weighted by Gasteiger charge is -2.33. The zero-order valence-electron chi connectivity index (χ0n) is 28.5. The summed E-state index contributed by atoms with van der Waals surface area (Å²) in [7, 11) is 1.72. The molecule has 3 atom stereocenters. The third-order valence-corrected chi connectivity index (χ3v) is 8.18. The van der Waals surface area contributed by atoms with Crippen molar-refractivity contribution in [3.05, 3.63) is 84.4 Å². The molecule has 10 heteroatoms. The Balaban J connectivity index is 1.48. The Morgan fingerprint density at radius 3 is 2.21 bits per heavy atom. The molecule has 4 amide bonds. The zero-order valence-corrected chi connectivity index (χ0v) is 28.5. The molecular formula is C38H48N4O6. The number of carbonyl (C=O) groups excluding carboxylic acids is 4. The van der Waals surface area contributed by atoms with Crippen molar-refractivity contribution in [3.63, 3.8) is 0 Å². The number of hydrogen-bond donors (Lipinski definition) is 3. The first-order chi connectivity index (χ1) is 23.0. The first kappa shape index (κ1) is 36.0. The Kier molecular flexibility index (Phi) is 13.0. The highest BCUT2D eigenvalue weighted by molar-refractivity contribution is 6.01. The van der Waals surface area contributed by atoms with Crippen LogP contribution in [0.1, 0.15) is 57.3 Å². The maximum Gasteiger partial charge on any atom is 0.255 e. The fraction of sp³-hybridized carbons (Fsp3) is 0.421. The number of para-hydroxylation sites is 1. The average Bonchev–Trinajstić information content (AvgIpc) is 3.07. The van der Waals surface area contributed by atoms with Crippen LogP contribution in [0.3, 0.4) is 0 Å². The predicted molar refractivity (Wildman–Crippen MR) is 186 cm³/mol. The van der Waals surface area contributed by atoms with Crippen LogP contribution in [0.4, 0.5) is 0 Å². The van der Waals surface area contributed by atoms with Gasteiger partial charge in [0, 0.05) is 7.05 Å². The number of carbonyl (C=O) groups is 4. The van der Waals surface area contributed by atoms with Gasteiger partial charge in [-0.3, -0.25) is 19.2 Å². The third-order valence-electron chi connectivity index (χ3n) is 8.18. The molecule has 1 aliphatic rings. The molecule has 1 aliphatic heterocycles. The highest BCUT2D eigenvalue weighted by Gasteiger charge is 2.33. The fourth-order valence-corrected chi connectivity index (χ4v) is 5.69. The lowest BCUT2D eigenvalue weighted by Crippen LogP contribution is -2.55. The minimum Gasteiger partial charge on any atom is -0.492 e. The molecule has 0 aromatic heterocycles. The van der Waals surface area contributed by atoms with Gasteiger partial charge in [0.2, 0.25) is 17.7 Å². The van der Waals surface area contributed by atoms with Crippen LogP contribution in [0.5, 0.6) is 11.5 Å². The molecule has 256 valence electrons. The van der Waals surface area contributed by atoms with E-state index < -0.39 is 29.8 Å². The van der Waals surface area contributed by atoms with Crippen molar-refractivity contribution in [2.24, 2.45) is 11.8 Å². The van der Waals surface area contributed by atoms with E-state index in [0.29, 0.717) is 24.3 Å². The summed E-state index contributed by atoms with van der Waals surface area (Å²) in [5.74, 6) is -0.471. The molecule has 10 nitrogen and oxygen atoms in total. The Labute approximate surface area is 283 Å². The summed E-state index contributed by atoms with van der Waals surface area (Å²) in [5.41, 5.74) is 2.39. The topological polar surface area (TPSA) is 126 Å². The number of amides is 4. The molecule has 0 fully saturated rings. The van der Waals surface area contributed by atoms with Crippen LogP contribution in [0.25, 0.3) is 11.1 Å². The summed E-state index contributed by atoms with van der Waals surface area (Å²) in [6.45, 7) is 8.57. The molecule has 0 radical (unpaired) electrons. The van der Waals surface area contributed by atoms with Crippen LogP contribution >= 0.6 is 0 Å². The second kappa shape index (κ2) is 17.3. The van der Waals surface area contributed by atoms with Gasteiger partial charge in [0.05, 0.1) is 24.6 Å². The molecule has 0 saturated heterocycles. The van der Waals surface area contributed by atoms with Crippen LogP contribution in [0, 0.1) is 11.8 Å². The number of nitrogens with zero attached hydrogens (tertiary/aromatic N) is 1. The number of ether oxygens (including phenoxy) is 2. The molecule has 48 heavy (non-hydrogen) atoms. The second-order valence-electron chi connectivity index (χ2n) is 13.0. The van der Waals surface area contributed by atoms with Gasteiger partial charge < -0.3 is 30.3 Å². The number of nitrogens with one attached hydrogen (secondary N) is 3. The fourth-order valence-electron chi connectivity index (χ4n) is 5.69. The van der Waals surface area contributed by atoms with Crippen molar-refractivity contribution in [3.8, 4) is 22.6 Å². The number of likely N-dealkylation sites (N-methyl/N-ethyl adjacent to an activating group) is 1. The van der Waals surface area contributed by atoms with E-state index in [1.807, 2.05) is 68.4 Å². The zero-order chi connectivity index (χ0) is 34.6. The van der Waals surface area contributed by atoms with E-state index in [9.17, 15) is 19.2 Å². The maximum atomic E-state index is 13.8. The second-order valence-corrected chi connectivity index (χ2v) is 13.0. The summed E-state index contributed by atoms with van der Waals surface area (Å²) in [6.07, 6.45) is 0.729. The van der Waals surface area contributed by atoms with E-state index in [1.165, 1.54) is 0 Å². The summed E-state index contributed by atoms with van der Waals surface area (Å²) in [6, 6.07) is 22.1. The SMILES string of the molecule is CC(C)C[C@@H]1COc2ccccc2C(=O)N[C@H](C(=O)NCCOc2ccc(-c3ccccc3)cc2)CC(=O)N[C@H](CC(C)C)C(=O)N1C. The van der Waals surface area contributed by atoms with Crippen LogP contribution < -0.4 is 25.4 Å². The van der Waals surface area contributed by atoms with E-state index in [4.69, 9.17) is 9.47 Å². The molecule has 0 unspecified atom stereocenters. The van der Waals surface area contributed by atoms with Crippen LogP contribution in [-0.4, -0.2) is 73.5 Å². The molecular weight excluding hydrogens is 608 g/mol. The molecule has 3 aromatic rings. The smallest absolute Gasteiger partial charge is 0.255 e. The Morgan fingerprint density at radius 2 is 1.52 bits per heavy atom. The predicted octanol–water partition coefficient (Wildman–Crippen LogP) is 4.83. The van der Waals surface area contributed by atoms with Gasteiger partial charge in [-0.1, -0.05) is 82.3 Å². The van der Waals surface area contributed by atoms with Crippen molar-refractivity contribution in [2.45, 2.75) is 65.1 Å². The Morgan fingerprint density at radius 1 is 0.875 bits per heavy atom. The van der Waals surface area contributed by atoms with Crippen molar-refractivity contribution in [1.29, 1.82) is 0 Å². The van der Waals surface area contributed by atoms with Gasteiger partial charge in [-0.15, -0.1) is 0 Å². The number of rotatable bonds is 10. The lowest BCUT2D eigenvalue weighted by molar-refractivity contribution is -0.138. The molecule has 0 spiro atoms. The summed E-state index contributed by atoms with van der Waals surface area (Å²) in [4.78, 5) is 55.8. The van der Waals surface area contributed by atoms with Crippen molar-refractivity contribution in [1.82, 2.24) is 20.9 Å². The lowest BCUT2D eigenvalue weighted by atomic mass is 9.99. The number of hydrogen-bond acceptors (Lipinski definition) is 6. The number of benzene rings is 3. The van der Waals surface area contributed by atoms with Crippen LogP contribution in [0.2, 0.25) is 0 Å². The van der Waals surface area contributed by atoms with Gasteiger partial charge in [-0.05, 0) is 60.1 Å². The van der Waals surface area contributed by atoms with E-state index in [1.54, 1.807) is 36.2 Å². The van der Waals surface area contributed by atoms with E-state index in [2.05, 4.69) is 29.8 Å². The maximum absolute atomic E-state index is 13.8. The summed E-state index contributed by atoms with van der Waals surface area (Å²) >= 11 is 0. The Bertz CT molecular complexity index is 1530. The normalized spacial score (nSPS) is 19.1. The van der Waals surface area contributed by atoms with Gasteiger partial charge in [-0.2, -0.15) is 0 Å². The van der Waals surface area contributed by atoms with E-state index in [-0.39, 0.29) is 55.5 Å². The third kappa shape index (κ3) is 10.3. The van der Waals surface area contributed by atoms with Gasteiger partial charge in [0.1, 0.15) is 36.8 Å². The summed E-state index contributed by atoms with van der Waals surface area (Å²) < 4.78 is 12.0. The van der Waals surface area contributed by atoms with Gasteiger partial charge in [0.15, 0.2) is 0 Å². The largest absolute Gasteiger partial charge is 0.492 e. The molecule has 1 heterocycles. The van der Waals surface area contributed by atoms with Gasteiger partial charge in [0.25, 0.3) is 5.91 Å². The monoisotopic (exact) mass is 656 g/mol. The van der Waals surface area contributed by atoms with Crippen molar-refractivity contribution >= 4 is 23.6 Å². The molecule has 3 N–H and O–H groups in total. The number of fused-ring (bicyclic) bond motifs is 1. The van der Waals surface area contributed by atoms with Gasteiger partial charge in [-0.25, -0.2) is 0 Å². The van der Waals surface area contributed by atoms with Crippen molar-refractivity contribution in [2.75, 3.05) is 26.8 Å². The molecule has 0 aliphatic carbocycles. The molecule has 0 bridgehead atoms. The van der Waals surface area contributed by atoms with Crippen LogP contribution in [-0.2, 0) is 14.4 Å². The highest BCUT2D eigenvalue weighted by atomic mass is 16.5. The first-order valence-corrected chi connectivity index (χ1v) is 16.7. The standard InChI is InChI=1S/C38H48N4O6/c1-25(2)21-29-24-48-34-14-10-9-13-31(34)36(44)41-32(23-35(43)40-33(22-26(3)4)38(46)42(29)5)37(45)39-19-20-47-30-17-15-28(16-18-30)27-11-7-6-8-12-27/h6-18,25-26,29,32-33H,19-24H2,1-5H3,(H,39,45)(H,40,43)(H,41,44)/t29-,32+,33-/m1/s1. The summed E-state index contributed by atoms with van der Waals surface area (Å²) in [5, 5.41) is 8.36. The molecule has 0 saturated carbocycles. The van der Waals surface area contributed by atoms with Gasteiger partial charge >= 0.3 is 0 Å². The quantitative estimate of drug-likeness (QED) is 0.269. The highest BCUT2D eigenvalue weighted by Crippen LogP contribution is 2.23. The van der Waals surface area contributed by atoms with Crippen LogP contribution in [0.15, 0.2) is 78.9 Å². The van der Waals surface area contributed by atoms with Crippen molar-refractivity contribution < 1.29 is 28.7 Å². The minimum atomic E-state index is -1.21. The molecule has 4 rings (SSSR count). The minimum absolute atomic E-state index is 0.117. The van der Waals surface area contributed by atoms with E-state index in [0.717, 1.165) is 11.1 Å². The average molecular weight is 657 g/mol. The van der Waals surface area contributed by atoms with E-state index >= 15 is 0 Å². The first-order valence-electron chi connectivity index (χ1n) is 16.7. The molecule has 3 aromatic carbocycles.